The molecule has 1 aliphatic heterocycles. The van der Waals surface area contributed by atoms with Gasteiger partial charge < -0.3 is 23.5 Å². The van der Waals surface area contributed by atoms with E-state index in [1.54, 1.807) is 18.3 Å². The molecule has 2 aliphatic rings. The average Bonchev–Trinajstić information content (AvgIpc) is 3.63. The molecule has 1 aliphatic carbocycles. The molecule has 42 heavy (non-hydrogen) atoms. The van der Waals surface area contributed by atoms with Crippen LogP contribution in [0.15, 0.2) is 36.5 Å². The molecule has 0 bridgehead atoms. The van der Waals surface area contributed by atoms with Gasteiger partial charge in [-0.2, -0.15) is 8.42 Å². The van der Waals surface area contributed by atoms with Gasteiger partial charge in [-0.05, 0) is 55.5 Å². The summed E-state index contributed by atoms with van der Waals surface area (Å²) < 4.78 is 43.7. The Hall–Kier alpha value is -3.97. The number of ether oxygens (including phenoxy) is 2. The van der Waals surface area contributed by atoms with Crippen molar-refractivity contribution in [3.8, 4) is 17.3 Å². The van der Waals surface area contributed by atoms with E-state index in [9.17, 15) is 18.0 Å². The van der Waals surface area contributed by atoms with Crippen LogP contribution in [-0.2, 0) is 37.4 Å². The van der Waals surface area contributed by atoms with Crippen LogP contribution in [0.4, 0.5) is 0 Å². The molecule has 4 aromatic rings. The van der Waals surface area contributed by atoms with Crippen molar-refractivity contribution in [1.29, 1.82) is 0 Å². The number of aromatic nitrogens is 4. The summed E-state index contributed by atoms with van der Waals surface area (Å²) in [4.78, 5) is 37.2. The van der Waals surface area contributed by atoms with Crippen LogP contribution in [0.1, 0.15) is 29.6 Å². The number of rotatable bonds is 8. The number of hydrogen-bond acceptors (Lipinski definition) is 9. The number of fused-ring (bicyclic) bond motifs is 2. The molecule has 1 saturated carbocycles. The molecular weight excluding hydrogens is 562 g/mol. The lowest BCUT2D eigenvalue weighted by molar-refractivity contribution is -0.148. The van der Waals surface area contributed by atoms with E-state index < -0.39 is 34.0 Å². The van der Waals surface area contributed by atoms with Crippen molar-refractivity contribution in [2.45, 2.75) is 31.9 Å². The second-order valence-corrected chi connectivity index (χ2v) is 12.7. The Bertz CT molecular complexity index is 1810. The number of esters is 1. The van der Waals surface area contributed by atoms with Crippen molar-refractivity contribution in [2.75, 3.05) is 33.6 Å². The molecule has 0 spiro atoms. The predicted molar refractivity (Wildman–Crippen MR) is 154 cm³/mol. The molecule has 1 amide bonds. The van der Waals surface area contributed by atoms with Crippen molar-refractivity contribution in [1.82, 2.24) is 24.0 Å². The third kappa shape index (κ3) is 5.34. The Labute approximate surface area is 243 Å². The van der Waals surface area contributed by atoms with Crippen LogP contribution in [0.2, 0.25) is 0 Å². The van der Waals surface area contributed by atoms with E-state index in [1.165, 1.54) is 32.0 Å². The topological polar surface area (TPSA) is 135 Å². The summed E-state index contributed by atoms with van der Waals surface area (Å²) in [5, 5.41) is 1.03. The van der Waals surface area contributed by atoms with Crippen LogP contribution in [0.3, 0.4) is 0 Å². The van der Waals surface area contributed by atoms with Gasteiger partial charge in [0.1, 0.15) is 16.9 Å². The van der Waals surface area contributed by atoms with E-state index >= 15 is 0 Å². The molecule has 3 aromatic heterocycles. The lowest BCUT2D eigenvalue weighted by Crippen LogP contribution is -2.49. The first-order valence-corrected chi connectivity index (χ1v) is 15.6. The SMILES string of the molecule is COC(=O)C1CC(OS(C)(=O)=O)CN(C(=O)c2cc(OC)c3c(c2)nc(-c2cc4cccnc4n2CC2CC2)n3C)C1. The van der Waals surface area contributed by atoms with Crippen molar-refractivity contribution >= 4 is 44.1 Å². The maximum Gasteiger partial charge on any atom is 0.310 e. The van der Waals surface area contributed by atoms with E-state index in [1.807, 2.05) is 23.7 Å². The number of nitrogens with zero attached hydrogens (tertiary/aromatic N) is 5. The molecule has 0 radical (unpaired) electrons. The molecule has 6 rings (SSSR count). The summed E-state index contributed by atoms with van der Waals surface area (Å²) in [6, 6.07) is 9.39. The van der Waals surface area contributed by atoms with E-state index in [0.29, 0.717) is 22.7 Å². The number of hydrogen-bond donors (Lipinski definition) is 0. The fourth-order valence-electron chi connectivity index (χ4n) is 5.89. The summed E-state index contributed by atoms with van der Waals surface area (Å²) in [5.41, 5.74) is 3.43. The molecular formula is C29H33N5O7S. The zero-order valence-corrected chi connectivity index (χ0v) is 24.8. The number of carbonyl (C=O) groups excluding carboxylic acids is 2. The van der Waals surface area contributed by atoms with Gasteiger partial charge in [0.25, 0.3) is 16.0 Å². The minimum absolute atomic E-state index is 0.00148. The molecule has 4 heterocycles. The van der Waals surface area contributed by atoms with E-state index in [4.69, 9.17) is 18.6 Å². The number of piperidine rings is 1. The maximum atomic E-state index is 13.8. The fourth-order valence-corrected chi connectivity index (χ4v) is 6.52. The highest BCUT2D eigenvalue weighted by Gasteiger charge is 2.37. The van der Waals surface area contributed by atoms with Crippen LogP contribution in [0.5, 0.6) is 5.75 Å². The minimum atomic E-state index is -3.81. The van der Waals surface area contributed by atoms with Gasteiger partial charge in [-0.25, -0.2) is 9.97 Å². The zero-order chi connectivity index (χ0) is 29.8. The lowest BCUT2D eigenvalue weighted by Gasteiger charge is -2.35. The fraction of sp³-hybridized carbons (Fsp3) is 0.448. The number of imidazole rings is 1. The monoisotopic (exact) mass is 595 g/mol. The Kier molecular flexibility index (Phi) is 7.17. The largest absolute Gasteiger partial charge is 0.494 e. The third-order valence-corrected chi connectivity index (χ3v) is 8.59. The highest BCUT2D eigenvalue weighted by Crippen LogP contribution is 2.37. The van der Waals surface area contributed by atoms with E-state index in [0.717, 1.165) is 40.9 Å². The number of carbonyl (C=O) groups is 2. The minimum Gasteiger partial charge on any atom is -0.494 e. The van der Waals surface area contributed by atoms with Crippen LogP contribution in [0.25, 0.3) is 33.6 Å². The molecule has 0 N–H and O–H groups in total. The second kappa shape index (κ2) is 10.7. The van der Waals surface area contributed by atoms with Gasteiger partial charge in [-0.15, -0.1) is 0 Å². The first-order chi connectivity index (χ1) is 20.1. The van der Waals surface area contributed by atoms with Crippen LogP contribution >= 0.6 is 0 Å². The average molecular weight is 596 g/mol. The number of pyridine rings is 1. The predicted octanol–water partition coefficient (Wildman–Crippen LogP) is 2.99. The standard InChI is InChI=1S/C29H33N5O7S/c1-32-25-22(31-27(32)23-12-18-6-5-9-30-26(18)34(23)14-17-7-8-17)11-19(13-24(25)39-2)28(35)33-15-20(29(36)40-3)10-21(16-33)41-42(4,37)38/h5-6,9,11-13,17,20-21H,7-8,10,14-16H2,1-4H3. The van der Waals surface area contributed by atoms with Gasteiger partial charge in [0.15, 0.2) is 5.82 Å². The van der Waals surface area contributed by atoms with Crippen molar-refractivity contribution in [3.63, 3.8) is 0 Å². The molecule has 222 valence electrons. The van der Waals surface area contributed by atoms with Crippen molar-refractivity contribution < 1.29 is 31.7 Å². The highest BCUT2D eigenvalue weighted by molar-refractivity contribution is 7.86. The molecule has 1 aromatic carbocycles. The molecule has 12 nitrogen and oxygen atoms in total. The Morgan fingerprint density at radius 2 is 1.90 bits per heavy atom. The van der Waals surface area contributed by atoms with Crippen LogP contribution < -0.4 is 4.74 Å². The molecule has 2 atom stereocenters. The number of benzene rings is 1. The highest BCUT2D eigenvalue weighted by atomic mass is 32.2. The Balaban J connectivity index is 1.40. The quantitative estimate of drug-likeness (QED) is 0.223. The first-order valence-electron chi connectivity index (χ1n) is 13.8. The van der Waals surface area contributed by atoms with Gasteiger partial charge in [-0.1, -0.05) is 0 Å². The van der Waals surface area contributed by atoms with Gasteiger partial charge in [0.05, 0.1) is 43.7 Å². The lowest BCUT2D eigenvalue weighted by atomic mass is 9.95. The number of likely N-dealkylation sites (tertiary alicyclic amines) is 1. The Morgan fingerprint density at radius 1 is 1.12 bits per heavy atom. The van der Waals surface area contributed by atoms with Gasteiger partial charge in [-0.3, -0.25) is 13.8 Å². The normalized spacial score (nSPS) is 19.4. The van der Waals surface area contributed by atoms with Gasteiger partial charge >= 0.3 is 5.97 Å². The molecule has 13 heteroatoms. The molecule has 2 unspecified atom stereocenters. The zero-order valence-electron chi connectivity index (χ0n) is 23.9. The van der Waals surface area contributed by atoms with Crippen LogP contribution in [0, 0.1) is 11.8 Å². The number of methoxy groups -OCH3 is 2. The summed E-state index contributed by atoms with van der Waals surface area (Å²) in [6.45, 7) is 0.922. The molecule has 1 saturated heterocycles. The summed E-state index contributed by atoms with van der Waals surface area (Å²) in [6.07, 6.45) is 4.37. The maximum absolute atomic E-state index is 13.8. The number of aryl methyl sites for hydroxylation is 1. The van der Waals surface area contributed by atoms with Gasteiger partial charge in [0.2, 0.25) is 0 Å². The Morgan fingerprint density at radius 3 is 2.60 bits per heavy atom. The van der Waals surface area contributed by atoms with Gasteiger partial charge in [0, 0.05) is 43.8 Å². The number of amides is 1. The smallest absolute Gasteiger partial charge is 0.310 e. The first kappa shape index (κ1) is 28.2. The van der Waals surface area contributed by atoms with Crippen LogP contribution in [-0.4, -0.2) is 84.0 Å². The molecule has 2 fully saturated rings. The summed E-state index contributed by atoms with van der Waals surface area (Å²) in [7, 11) is 0.901. The van der Waals surface area contributed by atoms with E-state index in [-0.39, 0.29) is 19.5 Å². The van der Waals surface area contributed by atoms with Crippen molar-refractivity contribution in [2.24, 2.45) is 18.9 Å². The summed E-state index contributed by atoms with van der Waals surface area (Å²) >= 11 is 0. The third-order valence-electron chi connectivity index (χ3n) is 7.97. The van der Waals surface area contributed by atoms with Crippen molar-refractivity contribution in [3.05, 3.63) is 42.1 Å². The van der Waals surface area contributed by atoms with E-state index in [2.05, 4.69) is 15.6 Å². The summed E-state index contributed by atoms with van der Waals surface area (Å²) in [5.74, 6) is 0.137. The second-order valence-electron chi connectivity index (χ2n) is 11.1.